The van der Waals surface area contributed by atoms with Gasteiger partial charge in [0.25, 0.3) is 0 Å². The standard InChI is InChI=1S/C14H20N2/c1-13(7-3-5-11-15-13)9-10-14(2)8-4-6-12-16-14/h3-8,11-12,15-16H,9-10H2,1-2H3. The van der Waals surface area contributed by atoms with Crippen LogP contribution in [0.3, 0.4) is 0 Å². The molecule has 0 saturated carbocycles. The molecule has 2 heterocycles. The lowest BCUT2D eigenvalue weighted by Crippen LogP contribution is -2.44. The summed E-state index contributed by atoms with van der Waals surface area (Å²) in [5, 5.41) is 6.83. The van der Waals surface area contributed by atoms with Crippen LogP contribution in [0.4, 0.5) is 0 Å². The molecule has 2 heteroatoms. The number of rotatable bonds is 3. The van der Waals surface area contributed by atoms with Gasteiger partial charge in [-0.2, -0.15) is 0 Å². The lowest BCUT2D eigenvalue weighted by atomic mass is 9.85. The van der Waals surface area contributed by atoms with E-state index in [0.717, 1.165) is 12.8 Å². The van der Waals surface area contributed by atoms with Crippen molar-refractivity contribution in [2.45, 2.75) is 37.8 Å². The number of nitrogens with one attached hydrogen (secondary N) is 2. The molecule has 2 N–H and O–H groups in total. The van der Waals surface area contributed by atoms with E-state index < -0.39 is 0 Å². The van der Waals surface area contributed by atoms with Gasteiger partial charge in [0.15, 0.2) is 0 Å². The smallest absolute Gasteiger partial charge is 0.0526 e. The Bertz CT molecular complexity index is 329. The highest BCUT2D eigenvalue weighted by molar-refractivity contribution is 5.21. The molecule has 0 aromatic rings. The van der Waals surface area contributed by atoms with Crippen LogP contribution in [0.25, 0.3) is 0 Å². The Morgan fingerprint density at radius 3 is 1.50 bits per heavy atom. The highest BCUT2D eigenvalue weighted by Gasteiger charge is 2.26. The zero-order chi connectivity index (χ0) is 11.5. The number of hydrogen-bond donors (Lipinski definition) is 2. The van der Waals surface area contributed by atoms with Gasteiger partial charge < -0.3 is 10.6 Å². The quantitative estimate of drug-likeness (QED) is 0.758. The summed E-state index contributed by atoms with van der Waals surface area (Å²) in [6.45, 7) is 4.47. The minimum Gasteiger partial charge on any atom is -0.382 e. The maximum absolute atomic E-state index is 3.42. The number of dihydropyridines is 2. The van der Waals surface area contributed by atoms with Crippen molar-refractivity contribution in [3.63, 3.8) is 0 Å². The molecular formula is C14H20N2. The monoisotopic (exact) mass is 216 g/mol. The van der Waals surface area contributed by atoms with E-state index in [4.69, 9.17) is 0 Å². The van der Waals surface area contributed by atoms with Crippen molar-refractivity contribution in [3.05, 3.63) is 48.9 Å². The highest BCUT2D eigenvalue weighted by atomic mass is 15.0. The summed E-state index contributed by atoms with van der Waals surface area (Å²) in [5.74, 6) is 0. The molecule has 0 aromatic carbocycles. The van der Waals surface area contributed by atoms with Gasteiger partial charge in [0.2, 0.25) is 0 Å². The van der Waals surface area contributed by atoms with Gasteiger partial charge in [-0.25, -0.2) is 0 Å². The lowest BCUT2D eigenvalue weighted by Gasteiger charge is -2.35. The van der Waals surface area contributed by atoms with Crippen molar-refractivity contribution in [3.8, 4) is 0 Å². The van der Waals surface area contributed by atoms with Crippen LogP contribution < -0.4 is 10.6 Å². The molecule has 0 bridgehead atoms. The fraction of sp³-hybridized carbons (Fsp3) is 0.429. The van der Waals surface area contributed by atoms with Crippen LogP contribution in [-0.2, 0) is 0 Å². The van der Waals surface area contributed by atoms with Gasteiger partial charge >= 0.3 is 0 Å². The molecular weight excluding hydrogens is 196 g/mol. The van der Waals surface area contributed by atoms with Gasteiger partial charge in [0.1, 0.15) is 0 Å². The van der Waals surface area contributed by atoms with Crippen molar-refractivity contribution < 1.29 is 0 Å². The van der Waals surface area contributed by atoms with E-state index in [1.54, 1.807) is 0 Å². The van der Waals surface area contributed by atoms with Crippen LogP contribution in [-0.4, -0.2) is 11.1 Å². The summed E-state index contributed by atoms with van der Waals surface area (Å²) in [6, 6.07) is 0. The SMILES string of the molecule is CC1(CCC2(C)C=CC=CN2)C=CC=CN1. The molecule has 0 fully saturated rings. The molecule has 2 atom stereocenters. The Labute approximate surface area is 97.8 Å². The summed E-state index contributed by atoms with van der Waals surface area (Å²) in [5.41, 5.74) is 0.183. The van der Waals surface area contributed by atoms with Crippen molar-refractivity contribution in [2.24, 2.45) is 0 Å². The normalized spacial score (nSPS) is 35.9. The van der Waals surface area contributed by atoms with E-state index >= 15 is 0 Å². The third kappa shape index (κ3) is 2.57. The highest BCUT2D eigenvalue weighted by Crippen LogP contribution is 2.24. The van der Waals surface area contributed by atoms with Crippen molar-refractivity contribution in [1.82, 2.24) is 10.6 Å². The summed E-state index contributed by atoms with van der Waals surface area (Å²) in [7, 11) is 0. The second kappa shape index (κ2) is 4.20. The van der Waals surface area contributed by atoms with Gasteiger partial charge in [-0.15, -0.1) is 0 Å². The Morgan fingerprint density at radius 1 is 0.750 bits per heavy atom. The van der Waals surface area contributed by atoms with E-state index in [9.17, 15) is 0 Å². The molecule has 2 aliphatic rings. The predicted molar refractivity (Wildman–Crippen MR) is 68.9 cm³/mol. The van der Waals surface area contributed by atoms with E-state index in [-0.39, 0.29) is 11.1 Å². The molecule has 2 rings (SSSR count). The van der Waals surface area contributed by atoms with Gasteiger partial charge in [0.05, 0.1) is 11.1 Å². The average molecular weight is 216 g/mol. The van der Waals surface area contributed by atoms with E-state index in [2.05, 4.69) is 48.8 Å². The van der Waals surface area contributed by atoms with Crippen LogP contribution in [0.15, 0.2) is 48.9 Å². The molecule has 0 spiro atoms. The third-order valence-corrected chi connectivity index (χ3v) is 3.33. The lowest BCUT2D eigenvalue weighted by molar-refractivity contribution is 0.364. The maximum atomic E-state index is 3.42. The van der Waals surface area contributed by atoms with E-state index in [0.29, 0.717) is 0 Å². The Hall–Kier alpha value is -1.44. The largest absolute Gasteiger partial charge is 0.382 e. The Morgan fingerprint density at radius 2 is 1.19 bits per heavy atom. The van der Waals surface area contributed by atoms with Gasteiger partial charge in [0, 0.05) is 0 Å². The Balaban J connectivity index is 1.92. The Kier molecular flexibility index (Phi) is 2.90. The molecule has 2 unspecified atom stereocenters. The van der Waals surface area contributed by atoms with Crippen LogP contribution in [0, 0.1) is 0 Å². The van der Waals surface area contributed by atoms with Crippen molar-refractivity contribution in [2.75, 3.05) is 0 Å². The molecule has 2 aliphatic heterocycles. The summed E-state index contributed by atoms with van der Waals surface area (Å²) in [4.78, 5) is 0. The van der Waals surface area contributed by atoms with Crippen LogP contribution in [0.5, 0.6) is 0 Å². The molecule has 86 valence electrons. The average Bonchev–Trinajstić information content (AvgIpc) is 2.29. The van der Waals surface area contributed by atoms with Crippen molar-refractivity contribution in [1.29, 1.82) is 0 Å². The molecule has 0 saturated heterocycles. The van der Waals surface area contributed by atoms with Crippen LogP contribution >= 0.6 is 0 Å². The van der Waals surface area contributed by atoms with Crippen molar-refractivity contribution >= 4 is 0 Å². The van der Waals surface area contributed by atoms with Crippen LogP contribution in [0.2, 0.25) is 0 Å². The fourth-order valence-electron chi connectivity index (χ4n) is 2.05. The molecule has 2 nitrogen and oxygen atoms in total. The summed E-state index contributed by atoms with van der Waals surface area (Å²) < 4.78 is 0. The first kappa shape index (κ1) is 11.1. The van der Waals surface area contributed by atoms with Gasteiger partial charge in [-0.05, 0) is 51.2 Å². The number of hydrogen-bond acceptors (Lipinski definition) is 2. The van der Waals surface area contributed by atoms with E-state index in [1.807, 2.05) is 24.6 Å². The second-order valence-electron chi connectivity index (χ2n) is 5.06. The van der Waals surface area contributed by atoms with Gasteiger partial charge in [-0.3, -0.25) is 0 Å². The third-order valence-electron chi connectivity index (χ3n) is 3.33. The first-order valence-corrected chi connectivity index (χ1v) is 5.86. The molecule has 0 aromatic heterocycles. The molecule has 0 radical (unpaired) electrons. The first-order chi connectivity index (χ1) is 7.62. The zero-order valence-electron chi connectivity index (χ0n) is 10.0. The predicted octanol–water partition coefficient (Wildman–Crippen LogP) is 2.63. The minimum absolute atomic E-state index is 0.0917. The molecule has 0 aliphatic carbocycles. The molecule has 16 heavy (non-hydrogen) atoms. The summed E-state index contributed by atoms with van der Waals surface area (Å²) in [6.07, 6.45) is 19.0. The topological polar surface area (TPSA) is 24.1 Å². The van der Waals surface area contributed by atoms with Gasteiger partial charge in [-0.1, -0.05) is 24.3 Å². The number of allylic oxidation sites excluding steroid dienone is 4. The van der Waals surface area contributed by atoms with Crippen LogP contribution in [0.1, 0.15) is 26.7 Å². The fourth-order valence-corrected chi connectivity index (χ4v) is 2.05. The zero-order valence-corrected chi connectivity index (χ0v) is 10.0. The minimum atomic E-state index is 0.0917. The first-order valence-electron chi connectivity index (χ1n) is 5.86. The molecule has 0 amide bonds. The summed E-state index contributed by atoms with van der Waals surface area (Å²) >= 11 is 0. The maximum Gasteiger partial charge on any atom is 0.0526 e. The second-order valence-corrected chi connectivity index (χ2v) is 5.06. The van der Waals surface area contributed by atoms with E-state index in [1.165, 1.54) is 0 Å².